The molecule has 61 heavy (non-hydrogen) atoms. The monoisotopic (exact) mass is 927 g/mol. The number of allylic oxidation sites excluding steroid dienone is 2. The van der Waals surface area contributed by atoms with Crippen molar-refractivity contribution in [1.29, 1.82) is 0 Å². The summed E-state index contributed by atoms with van der Waals surface area (Å²) in [5.41, 5.74) is 4.97. The zero-order valence-electron chi connectivity index (χ0n) is 31.4. The van der Waals surface area contributed by atoms with Crippen LogP contribution in [-0.4, -0.2) is 98.0 Å². The second-order valence-electron chi connectivity index (χ2n) is 14.1. The van der Waals surface area contributed by atoms with Crippen molar-refractivity contribution in [3.8, 4) is 33.4 Å². The van der Waals surface area contributed by atoms with E-state index in [1.807, 2.05) is 18.2 Å². The van der Waals surface area contributed by atoms with Crippen LogP contribution in [0.4, 0.5) is 11.4 Å². The highest BCUT2D eigenvalue weighted by molar-refractivity contribution is 8.27. The first-order chi connectivity index (χ1) is 29.5. The molecular formula is C42H29N3O10S6. The summed E-state index contributed by atoms with van der Waals surface area (Å²) >= 11 is 15.6. The number of fused-ring (bicyclic) bond motifs is 5. The molecule has 2 aromatic heterocycles. The summed E-state index contributed by atoms with van der Waals surface area (Å²) in [6.45, 7) is 0.326. The smallest absolute Gasteiger partial charge is 0.323 e. The molecule has 2 atom stereocenters. The molecule has 2 N–H and O–H groups in total. The van der Waals surface area contributed by atoms with Crippen LogP contribution in [0.2, 0.25) is 0 Å². The van der Waals surface area contributed by atoms with Crippen LogP contribution < -0.4 is 23.8 Å². The molecule has 7 heterocycles. The van der Waals surface area contributed by atoms with Gasteiger partial charge in [-0.25, -0.2) is 0 Å². The van der Waals surface area contributed by atoms with Crippen LogP contribution in [0.3, 0.4) is 0 Å². The highest BCUT2D eigenvalue weighted by Crippen LogP contribution is 2.56. The van der Waals surface area contributed by atoms with E-state index in [9.17, 15) is 29.4 Å². The number of rotatable bonds is 9. The quantitative estimate of drug-likeness (QED) is 0.124. The summed E-state index contributed by atoms with van der Waals surface area (Å²) in [5.74, 6) is -1.16. The third-order valence-corrected chi connectivity index (χ3v) is 15.5. The highest BCUT2D eigenvalue weighted by atomic mass is 32.2. The lowest BCUT2D eigenvalue weighted by Crippen LogP contribution is -2.33. The van der Waals surface area contributed by atoms with Crippen molar-refractivity contribution < 1.29 is 48.3 Å². The van der Waals surface area contributed by atoms with Crippen molar-refractivity contribution in [3.05, 3.63) is 96.8 Å². The second kappa shape index (κ2) is 15.8. The summed E-state index contributed by atoms with van der Waals surface area (Å²) in [4.78, 5) is 57.4. The molecule has 0 spiro atoms. The minimum atomic E-state index is -1.15. The Bertz CT molecular complexity index is 2750. The van der Waals surface area contributed by atoms with Crippen LogP contribution in [0.25, 0.3) is 28.2 Å². The number of para-hydroxylation sites is 1. The molecule has 10 rings (SSSR count). The Balaban J connectivity index is 1.04. The van der Waals surface area contributed by atoms with Gasteiger partial charge in [0.2, 0.25) is 0 Å². The third kappa shape index (κ3) is 7.02. The van der Waals surface area contributed by atoms with Crippen LogP contribution in [0.1, 0.15) is 26.1 Å². The molecule has 2 unspecified atom stereocenters. The minimum absolute atomic E-state index is 0.0696. The van der Waals surface area contributed by atoms with Gasteiger partial charge in [-0.15, -0.1) is 22.7 Å². The van der Waals surface area contributed by atoms with Crippen molar-refractivity contribution in [3.63, 3.8) is 0 Å². The normalized spacial score (nSPS) is 21.4. The zero-order chi connectivity index (χ0) is 42.1. The van der Waals surface area contributed by atoms with Crippen LogP contribution in [-0.2, 0) is 19.2 Å². The number of carboxylic acids is 2. The molecule has 19 heteroatoms. The van der Waals surface area contributed by atoms with Crippen molar-refractivity contribution in [2.75, 3.05) is 44.4 Å². The number of thioether (sulfide) groups is 2. The Kier molecular flexibility index (Phi) is 10.3. The fraction of sp³-hybridized carbons (Fsp3) is 0.190. The number of carboxylic acid groups (broad SMARTS) is 2. The first kappa shape index (κ1) is 39.7. The van der Waals surface area contributed by atoms with E-state index < -0.39 is 36.8 Å². The maximum Gasteiger partial charge on any atom is 0.323 e. The molecule has 2 saturated heterocycles. The molecule has 1 aliphatic carbocycles. The molecule has 2 fully saturated rings. The molecule has 4 aromatic rings. The van der Waals surface area contributed by atoms with Gasteiger partial charge in [-0.1, -0.05) is 90.5 Å². The van der Waals surface area contributed by atoms with Gasteiger partial charge in [-0.3, -0.25) is 29.0 Å². The van der Waals surface area contributed by atoms with E-state index in [4.69, 9.17) is 43.4 Å². The number of hydrogen-bond donors (Lipinski definition) is 2. The zero-order valence-corrected chi connectivity index (χ0v) is 36.3. The SMILES string of the molecule is O=C(O)CN1C(=O)/C(=C\c2sc(C3=CC4c5cc(-c6sc(/C=C7/SC(=S)N(CC(=O)O)C7=O)c7c6OCCO7)ccc5N(c5ccccc5)C4C=C3)c3c2OCCO3)SC1=S. The summed E-state index contributed by atoms with van der Waals surface area (Å²) in [6.07, 6.45) is 9.93. The van der Waals surface area contributed by atoms with Crippen molar-refractivity contribution in [2.24, 2.45) is 0 Å². The Morgan fingerprint density at radius 1 is 0.738 bits per heavy atom. The summed E-state index contributed by atoms with van der Waals surface area (Å²) < 4.78 is 25.1. The Morgan fingerprint density at radius 3 is 1.85 bits per heavy atom. The number of nitrogens with zero attached hydrogens (tertiary/aromatic N) is 3. The van der Waals surface area contributed by atoms with Crippen LogP contribution >= 0.6 is 70.6 Å². The molecule has 0 saturated carbocycles. The van der Waals surface area contributed by atoms with E-state index in [1.165, 1.54) is 22.7 Å². The lowest BCUT2D eigenvalue weighted by Gasteiger charge is -2.29. The molecule has 0 bridgehead atoms. The van der Waals surface area contributed by atoms with Crippen molar-refractivity contribution >= 4 is 132 Å². The lowest BCUT2D eigenvalue weighted by molar-refractivity contribution is -0.140. The minimum Gasteiger partial charge on any atom is -0.485 e. The van der Waals surface area contributed by atoms with E-state index in [-0.39, 0.29) is 20.6 Å². The lowest BCUT2D eigenvalue weighted by atomic mass is 9.87. The number of carbonyl (C=O) groups is 4. The predicted octanol–water partition coefficient (Wildman–Crippen LogP) is 7.85. The van der Waals surface area contributed by atoms with Crippen LogP contribution in [0, 0.1) is 0 Å². The van der Waals surface area contributed by atoms with Gasteiger partial charge in [0.25, 0.3) is 11.8 Å². The number of aliphatic carboxylic acids is 2. The number of hydrogen-bond acceptors (Lipinski definition) is 15. The van der Waals surface area contributed by atoms with Gasteiger partial charge < -0.3 is 34.1 Å². The first-order valence-corrected chi connectivity index (χ1v) is 22.8. The first-order valence-electron chi connectivity index (χ1n) is 18.7. The summed E-state index contributed by atoms with van der Waals surface area (Å²) in [6, 6.07) is 16.5. The van der Waals surface area contributed by atoms with Gasteiger partial charge >= 0.3 is 11.9 Å². The summed E-state index contributed by atoms with van der Waals surface area (Å²) in [5, 5.41) is 18.7. The number of ether oxygens (including phenoxy) is 4. The average Bonchev–Trinajstić information content (AvgIpc) is 4.03. The van der Waals surface area contributed by atoms with E-state index >= 15 is 0 Å². The molecule has 2 aromatic carbocycles. The van der Waals surface area contributed by atoms with Gasteiger partial charge in [0, 0.05) is 17.3 Å². The summed E-state index contributed by atoms with van der Waals surface area (Å²) in [7, 11) is 0. The Hall–Kier alpha value is -5.44. The molecule has 0 radical (unpaired) electrons. The Labute approximate surface area is 374 Å². The van der Waals surface area contributed by atoms with E-state index in [2.05, 4.69) is 53.5 Å². The largest absolute Gasteiger partial charge is 0.485 e. The third-order valence-electron chi connectivity index (χ3n) is 10.4. The van der Waals surface area contributed by atoms with Gasteiger partial charge in [0.05, 0.1) is 35.4 Å². The second-order valence-corrected chi connectivity index (χ2v) is 19.6. The molecule has 2 amide bonds. The Morgan fingerprint density at radius 2 is 1.28 bits per heavy atom. The molecule has 5 aliphatic heterocycles. The van der Waals surface area contributed by atoms with Gasteiger partial charge in [-0.05, 0) is 53.1 Å². The fourth-order valence-corrected chi connectivity index (χ4v) is 12.8. The topological polar surface area (TPSA) is 155 Å². The predicted molar refractivity (Wildman–Crippen MR) is 243 cm³/mol. The van der Waals surface area contributed by atoms with Crippen LogP contribution in [0.15, 0.2) is 76.6 Å². The van der Waals surface area contributed by atoms with Gasteiger partial charge in [0.15, 0.2) is 23.0 Å². The number of carbonyl (C=O) groups excluding carboxylic acids is 2. The van der Waals surface area contributed by atoms with Crippen LogP contribution in [0.5, 0.6) is 23.0 Å². The number of anilines is 2. The maximum absolute atomic E-state index is 13.2. The molecular weight excluding hydrogens is 899 g/mol. The van der Waals surface area contributed by atoms with Crippen molar-refractivity contribution in [2.45, 2.75) is 12.0 Å². The number of thiocarbonyl (C=S) groups is 2. The number of amides is 2. The van der Waals surface area contributed by atoms with E-state index in [0.29, 0.717) is 69.0 Å². The van der Waals surface area contributed by atoms with Gasteiger partial charge in [-0.2, -0.15) is 0 Å². The molecule has 308 valence electrons. The van der Waals surface area contributed by atoms with Crippen molar-refractivity contribution in [1.82, 2.24) is 9.80 Å². The average molecular weight is 928 g/mol. The maximum atomic E-state index is 13.2. The van der Waals surface area contributed by atoms with E-state index in [1.54, 1.807) is 12.2 Å². The van der Waals surface area contributed by atoms with E-state index in [0.717, 1.165) is 71.2 Å². The molecule has 6 aliphatic rings. The molecule has 13 nitrogen and oxygen atoms in total. The fourth-order valence-electron chi connectivity index (χ4n) is 7.88. The standard InChI is InChI=1S/C42H29N3O10S6/c46-31(47)18-43-39(50)29(60-41(43)56)16-27-33-35(54-12-10-52-33)37(58-27)20-6-8-25-23(14-20)24-15-21(7-9-26(24)45(25)22-4-2-1-3-5-22)38-36-34(53-11-13-55-36)28(59-38)17-30-40(51)44(19-32(48)49)42(57)61-30/h1-9,14-17,23,25H,10-13,18-19H2,(H,46,47)(H,48,49)/b29-16+,30-17+. The van der Waals surface area contributed by atoms with Gasteiger partial charge in [0.1, 0.15) is 48.2 Å². The highest BCUT2D eigenvalue weighted by Gasteiger charge is 2.41. The number of thiophene rings is 2. The number of benzene rings is 2.